The lowest BCUT2D eigenvalue weighted by Gasteiger charge is -2.14. The van der Waals surface area contributed by atoms with Crippen molar-refractivity contribution in [2.75, 3.05) is 7.11 Å². The molecule has 4 heteroatoms. The summed E-state index contributed by atoms with van der Waals surface area (Å²) in [4.78, 5) is 0.960. The van der Waals surface area contributed by atoms with Crippen LogP contribution >= 0.6 is 11.3 Å². The molecule has 0 radical (unpaired) electrons. The molecule has 0 aliphatic rings. The molecule has 0 aliphatic carbocycles. The average molecular weight is 251 g/mol. The van der Waals surface area contributed by atoms with Crippen LogP contribution in [0.15, 0.2) is 29.6 Å². The molecule has 90 valence electrons. The molecule has 2 rings (SSSR count). The molecule has 0 amide bonds. The van der Waals surface area contributed by atoms with Crippen molar-refractivity contribution >= 4 is 11.3 Å². The van der Waals surface area contributed by atoms with E-state index in [0.717, 1.165) is 21.8 Å². The van der Waals surface area contributed by atoms with Crippen molar-refractivity contribution in [3.05, 3.63) is 51.5 Å². The fourth-order valence-electron chi connectivity index (χ4n) is 1.83. The van der Waals surface area contributed by atoms with Crippen LogP contribution in [0.1, 0.15) is 22.0 Å². The van der Waals surface area contributed by atoms with Crippen molar-refractivity contribution in [2.24, 2.45) is 5.73 Å². The van der Waals surface area contributed by atoms with Gasteiger partial charge in [-0.25, -0.2) is 4.39 Å². The predicted molar refractivity (Wildman–Crippen MR) is 68.0 cm³/mol. The molecule has 0 bridgehead atoms. The molecule has 1 atom stereocenters. The third kappa shape index (κ3) is 2.33. The summed E-state index contributed by atoms with van der Waals surface area (Å²) in [7, 11) is 1.62. The maximum Gasteiger partial charge on any atom is 0.134 e. The molecule has 2 nitrogen and oxygen atoms in total. The van der Waals surface area contributed by atoms with Gasteiger partial charge in [0.2, 0.25) is 0 Å². The largest absolute Gasteiger partial charge is 0.496 e. The minimum absolute atomic E-state index is 0.239. The van der Waals surface area contributed by atoms with Gasteiger partial charge in [0.25, 0.3) is 0 Å². The highest BCUT2D eigenvalue weighted by atomic mass is 32.1. The summed E-state index contributed by atoms with van der Waals surface area (Å²) in [5.74, 6) is 0.544. The van der Waals surface area contributed by atoms with Gasteiger partial charge in [0, 0.05) is 0 Å². The van der Waals surface area contributed by atoms with E-state index in [2.05, 4.69) is 0 Å². The summed E-state index contributed by atoms with van der Waals surface area (Å²) in [5.41, 5.74) is 7.97. The molecule has 0 fully saturated rings. The smallest absolute Gasteiger partial charge is 0.134 e. The monoisotopic (exact) mass is 251 g/mol. The van der Waals surface area contributed by atoms with Crippen LogP contribution in [-0.4, -0.2) is 7.11 Å². The number of aryl methyl sites for hydroxylation is 1. The summed E-state index contributed by atoms with van der Waals surface area (Å²) in [6.07, 6.45) is 0. The molecule has 1 heterocycles. The topological polar surface area (TPSA) is 35.2 Å². The van der Waals surface area contributed by atoms with Crippen molar-refractivity contribution in [3.8, 4) is 5.75 Å². The van der Waals surface area contributed by atoms with Crippen LogP contribution in [0.3, 0.4) is 0 Å². The number of ether oxygens (including phenoxy) is 1. The normalized spacial score (nSPS) is 12.5. The van der Waals surface area contributed by atoms with Crippen molar-refractivity contribution in [1.82, 2.24) is 0 Å². The van der Waals surface area contributed by atoms with E-state index in [1.165, 1.54) is 12.1 Å². The zero-order valence-electron chi connectivity index (χ0n) is 9.74. The van der Waals surface area contributed by atoms with Crippen LogP contribution in [0.2, 0.25) is 0 Å². The first-order valence-electron chi connectivity index (χ1n) is 5.26. The van der Waals surface area contributed by atoms with Gasteiger partial charge >= 0.3 is 0 Å². The molecule has 1 aromatic heterocycles. The summed E-state index contributed by atoms with van der Waals surface area (Å²) in [6, 6.07) is 6.27. The fourth-order valence-corrected chi connectivity index (χ4v) is 2.71. The summed E-state index contributed by atoms with van der Waals surface area (Å²) >= 11 is 1.55. The molecule has 0 spiro atoms. The number of nitrogens with two attached hydrogens (primary N) is 1. The summed E-state index contributed by atoms with van der Waals surface area (Å²) < 4.78 is 18.3. The molecule has 0 aliphatic heterocycles. The van der Waals surface area contributed by atoms with E-state index in [1.807, 2.05) is 18.4 Å². The maximum absolute atomic E-state index is 13.0. The number of hydrogen-bond donors (Lipinski definition) is 1. The zero-order chi connectivity index (χ0) is 12.4. The van der Waals surface area contributed by atoms with E-state index in [4.69, 9.17) is 10.5 Å². The highest BCUT2D eigenvalue weighted by molar-refractivity contribution is 7.10. The van der Waals surface area contributed by atoms with Crippen LogP contribution in [0, 0.1) is 12.7 Å². The van der Waals surface area contributed by atoms with Crippen LogP contribution in [0.4, 0.5) is 4.39 Å². The van der Waals surface area contributed by atoms with Crippen molar-refractivity contribution in [1.29, 1.82) is 0 Å². The van der Waals surface area contributed by atoms with E-state index in [0.29, 0.717) is 0 Å². The Labute approximate surface area is 104 Å². The molecular weight excluding hydrogens is 237 g/mol. The van der Waals surface area contributed by atoms with Crippen molar-refractivity contribution in [2.45, 2.75) is 13.0 Å². The molecule has 2 N–H and O–H groups in total. The first-order chi connectivity index (χ1) is 8.13. The molecule has 2 aromatic rings. The number of halogens is 1. The second kappa shape index (κ2) is 4.85. The lowest BCUT2D eigenvalue weighted by Crippen LogP contribution is -2.12. The Hall–Kier alpha value is -1.39. The Morgan fingerprint density at radius 2 is 2.12 bits per heavy atom. The second-order valence-corrected chi connectivity index (χ2v) is 4.78. The van der Waals surface area contributed by atoms with E-state index < -0.39 is 0 Å². The standard InChI is InChI=1S/C13H14FNOS/c1-8-7-9(14)3-4-10(8)12(15)13-11(16-2)5-6-17-13/h3-7,12H,15H2,1-2H3. The van der Waals surface area contributed by atoms with E-state index in [-0.39, 0.29) is 11.9 Å². The number of hydrogen-bond acceptors (Lipinski definition) is 3. The molecule has 0 saturated carbocycles. The SMILES string of the molecule is COc1ccsc1C(N)c1ccc(F)cc1C. The quantitative estimate of drug-likeness (QED) is 0.908. The van der Waals surface area contributed by atoms with Gasteiger partial charge in [-0.1, -0.05) is 6.07 Å². The molecular formula is C13H14FNOS. The van der Waals surface area contributed by atoms with Gasteiger partial charge in [-0.3, -0.25) is 0 Å². The average Bonchev–Trinajstić information content (AvgIpc) is 2.76. The van der Waals surface area contributed by atoms with Gasteiger partial charge in [-0.05, 0) is 41.6 Å². The second-order valence-electron chi connectivity index (χ2n) is 3.83. The van der Waals surface area contributed by atoms with E-state index in [9.17, 15) is 4.39 Å². The molecule has 1 aromatic carbocycles. The van der Waals surface area contributed by atoms with Crippen LogP contribution in [-0.2, 0) is 0 Å². The number of thiophene rings is 1. The minimum Gasteiger partial charge on any atom is -0.496 e. The van der Waals surface area contributed by atoms with Crippen LogP contribution in [0.25, 0.3) is 0 Å². The highest BCUT2D eigenvalue weighted by Crippen LogP contribution is 2.34. The number of benzene rings is 1. The number of methoxy groups -OCH3 is 1. The van der Waals surface area contributed by atoms with Gasteiger partial charge in [-0.15, -0.1) is 11.3 Å². The van der Waals surface area contributed by atoms with E-state index in [1.54, 1.807) is 24.5 Å². The summed E-state index contributed by atoms with van der Waals surface area (Å²) in [5, 5.41) is 1.94. The summed E-state index contributed by atoms with van der Waals surface area (Å²) in [6.45, 7) is 1.86. The van der Waals surface area contributed by atoms with E-state index >= 15 is 0 Å². The van der Waals surface area contributed by atoms with Gasteiger partial charge in [0.1, 0.15) is 11.6 Å². The third-order valence-corrected chi connectivity index (χ3v) is 3.71. The van der Waals surface area contributed by atoms with Gasteiger partial charge in [0.05, 0.1) is 18.0 Å². The van der Waals surface area contributed by atoms with Crippen LogP contribution in [0.5, 0.6) is 5.75 Å². The Bertz CT molecular complexity index is 524. The Balaban J connectivity index is 2.40. The zero-order valence-corrected chi connectivity index (χ0v) is 10.6. The highest BCUT2D eigenvalue weighted by Gasteiger charge is 2.17. The van der Waals surface area contributed by atoms with Gasteiger partial charge in [0.15, 0.2) is 0 Å². The van der Waals surface area contributed by atoms with Crippen molar-refractivity contribution < 1.29 is 9.13 Å². The van der Waals surface area contributed by atoms with Crippen molar-refractivity contribution in [3.63, 3.8) is 0 Å². The van der Waals surface area contributed by atoms with Gasteiger partial charge in [-0.2, -0.15) is 0 Å². The van der Waals surface area contributed by atoms with Gasteiger partial charge < -0.3 is 10.5 Å². The number of rotatable bonds is 3. The molecule has 17 heavy (non-hydrogen) atoms. The maximum atomic E-state index is 13.0. The lowest BCUT2D eigenvalue weighted by atomic mass is 10.0. The minimum atomic E-state index is -0.273. The molecule has 0 saturated heterocycles. The predicted octanol–water partition coefficient (Wildman–Crippen LogP) is 3.25. The fraction of sp³-hybridized carbons (Fsp3) is 0.231. The Kier molecular flexibility index (Phi) is 3.45. The Morgan fingerprint density at radius 3 is 2.76 bits per heavy atom. The first kappa shape index (κ1) is 12.1. The van der Waals surface area contributed by atoms with Crippen LogP contribution < -0.4 is 10.5 Å². The first-order valence-corrected chi connectivity index (χ1v) is 6.14. The lowest BCUT2D eigenvalue weighted by molar-refractivity contribution is 0.411. The molecule has 1 unspecified atom stereocenters. The Morgan fingerprint density at radius 1 is 1.35 bits per heavy atom. The third-order valence-electron chi connectivity index (χ3n) is 2.73.